The number of alkyl halides is 2. The minimum Gasteiger partial charge on any atom is -0.508 e. The Bertz CT molecular complexity index is 591. The molecule has 0 aliphatic rings. The van der Waals surface area contributed by atoms with Gasteiger partial charge in [0.15, 0.2) is 0 Å². The number of anilines is 1. The summed E-state index contributed by atoms with van der Waals surface area (Å²) in [5.74, 6) is -1.58. The zero-order valence-corrected chi connectivity index (χ0v) is 12.2. The van der Waals surface area contributed by atoms with E-state index in [1.807, 2.05) is 0 Å². The highest BCUT2D eigenvalue weighted by Crippen LogP contribution is 2.27. The largest absolute Gasteiger partial charge is 0.508 e. The second kappa shape index (κ2) is 7.17. The standard InChI is InChI=1S/C15H15F2NO2S/c1-20-12-4-7-14(19)10(8-12)9-18-11-2-5-13(6-3-11)21-15(16)17/h2-8,15,18-19H,9H2,1H3. The smallest absolute Gasteiger partial charge is 0.288 e. The number of nitrogens with one attached hydrogen (secondary N) is 1. The van der Waals surface area contributed by atoms with Gasteiger partial charge in [0.1, 0.15) is 11.5 Å². The maximum absolute atomic E-state index is 12.2. The molecule has 2 aromatic carbocycles. The maximum atomic E-state index is 12.2. The number of benzene rings is 2. The average molecular weight is 311 g/mol. The van der Waals surface area contributed by atoms with Crippen molar-refractivity contribution in [2.75, 3.05) is 12.4 Å². The predicted octanol–water partition coefficient (Wildman–Crippen LogP) is 4.33. The fourth-order valence-electron chi connectivity index (χ4n) is 1.78. The average Bonchev–Trinajstić information content (AvgIpc) is 2.47. The van der Waals surface area contributed by atoms with E-state index in [1.54, 1.807) is 49.6 Å². The molecule has 0 aliphatic carbocycles. The lowest BCUT2D eigenvalue weighted by Crippen LogP contribution is -2.00. The van der Waals surface area contributed by atoms with Gasteiger partial charge in [0.2, 0.25) is 0 Å². The predicted molar refractivity (Wildman–Crippen MR) is 80.3 cm³/mol. The summed E-state index contributed by atoms with van der Waals surface area (Å²) in [6.45, 7) is 0.407. The first-order valence-corrected chi connectivity index (χ1v) is 7.11. The Morgan fingerprint density at radius 2 is 1.90 bits per heavy atom. The van der Waals surface area contributed by atoms with E-state index in [4.69, 9.17) is 4.74 Å². The first kappa shape index (κ1) is 15.4. The highest BCUT2D eigenvalue weighted by atomic mass is 32.2. The van der Waals surface area contributed by atoms with Crippen LogP contribution in [0.2, 0.25) is 0 Å². The van der Waals surface area contributed by atoms with Crippen LogP contribution in [0.5, 0.6) is 11.5 Å². The Morgan fingerprint density at radius 1 is 1.19 bits per heavy atom. The van der Waals surface area contributed by atoms with E-state index in [1.165, 1.54) is 0 Å². The highest BCUT2D eigenvalue weighted by Gasteiger charge is 2.06. The van der Waals surface area contributed by atoms with Crippen LogP contribution in [0.4, 0.5) is 14.5 Å². The molecule has 0 atom stereocenters. The van der Waals surface area contributed by atoms with Gasteiger partial charge in [0.05, 0.1) is 7.11 Å². The van der Waals surface area contributed by atoms with Crippen molar-refractivity contribution in [3.05, 3.63) is 48.0 Å². The highest BCUT2D eigenvalue weighted by molar-refractivity contribution is 7.99. The van der Waals surface area contributed by atoms with Crippen LogP contribution in [-0.4, -0.2) is 18.0 Å². The van der Waals surface area contributed by atoms with E-state index < -0.39 is 5.76 Å². The van der Waals surface area contributed by atoms with Gasteiger partial charge in [-0.15, -0.1) is 0 Å². The van der Waals surface area contributed by atoms with Crippen LogP contribution in [0.1, 0.15) is 5.56 Å². The van der Waals surface area contributed by atoms with Crippen LogP contribution in [0, 0.1) is 0 Å². The van der Waals surface area contributed by atoms with Crippen LogP contribution >= 0.6 is 11.8 Å². The van der Waals surface area contributed by atoms with Crippen LogP contribution in [0.3, 0.4) is 0 Å². The van der Waals surface area contributed by atoms with Crippen molar-refractivity contribution in [3.8, 4) is 11.5 Å². The van der Waals surface area contributed by atoms with Gasteiger partial charge in [0, 0.05) is 22.7 Å². The van der Waals surface area contributed by atoms with Crippen LogP contribution < -0.4 is 10.1 Å². The monoisotopic (exact) mass is 311 g/mol. The van der Waals surface area contributed by atoms with Crippen molar-refractivity contribution in [1.82, 2.24) is 0 Å². The molecule has 2 aromatic rings. The van der Waals surface area contributed by atoms with Crippen molar-refractivity contribution in [1.29, 1.82) is 0 Å². The first-order valence-electron chi connectivity index (χ1n) is 6.23. The second-order valence-corrected chi connectivity index (χ2v) is 5.31. The van der Waals surface area contributed by atoms with E-state index in [0.717, 1.165) is 5.69 Å². The molecule has 0 bridgehead atoms. The molecule has 0 aromatic heterocycles. The van der Waals surface area contributed by atoms with Gasteiger partial charge in [-0.3, -0.25) is 0 Å². The summed E-state index contributed by atoms with van der Waals surface area (Å²) >= 11 is 0.511. The number of ether oxygens (including phenoxy) is 1. The van der Waals surface area contributed by atoms with E-state index in [0.29, 0.717) is 34.5 Å². The zero-order valence-electron chi connectivity index (χ0n) is 11.3. The lowest BCUT2D eigenvalue weighted by atomic mass is 10.2. The third kappa shape index (κ3) is 4.53. The number of aromatic hydroxyl groups is 1. The lowest BCUT2D eigenvalue weighted by Gasteiger charge is -2.10. The van der Waals surface area contributed by atoms with Gasteiger partial charge >= 0.3 is 0 Å². The third-order valence-corrected chi connectivity index (χ3v) is 3.57. The van der Waals surface area contributed by atoms with Gasteiger partial charge < -0.3 is 15.2 Å². The fraction of sp³-hybridized carbons (Fsp3) is 0.200. The molecule has 0 heterocycles. The minimum atomic E-state index is -2.42. The van der Waals surface area contributed by atoms with Gasteiger partial charge in [-0.1, -0.05) is 11.8 Å². The molecule has 0 amide bonds. The van der Waals surface area contributed by atoms with Crippen molar-refractivity contribution in [2.45, 2.75) is 17.2 Å². The third-order valence-electron chi connectivity index (χ3n) is 2.85. The molecule has 2 rings (SSSR count). The Kier molecular flexibility index (Phi) is 5.27. The molecule has 0 spiro atoms. The Labute approximate surface area is 125 Å². The number of phenols is 1. The van der Waals surface area contributed by atoms with Crippen molar-refractivity contribution >= 4 is 17.4 Å². The zero-order chi connectivity index (χ0) is 15.2. The Morgan fingerprint density at radius 3 is 2.52 bits per heavy atom. The number of hydrogen-bond acceptors (Lipinski definition) is 4. The lowest BCUT2D eigenvalue weighted by molar-refractivity contribution is 0.252. The van der Waals surface area contributed by atoms with Crippen LogP contribution in [-0.2, 0) is 6.54 Å². The summed E-state index contributed by atoms with van der Waals surface area (Å²) in [4.78, 5) is 0.514. The molecule has 21 heavy (non-hydrogen) atoms. The summed E-state index contributed by atoms with van der Waals surface area (Å²) in [7, 11) is 1.56. The summed E-state index contributed by atoms with van der Waals surface area (Å²) < 4.78 is 29.5. The number of rotatable bonds is 6. The van der Waals surface area contributed by atoms with E-state index >= 15 is 0 Å². The molecular formula is C15H15F2NO2S. The van der Waals surface area contributed by atoms with Crippen molar-refractivity contribution in [3.63, 3.8) is 0 Å². The number of thioether (sulfide) groups is 1. The summed E-state index contributed by atoms with van der Waals surface area (Å²) in [6.07, 6.45) is 0. The summed E-state index contributed by atoms with van der Waals surface area (Å²) in [6, 6.07) is 11.7. The maximum Gasteiger partial charge on any atom is 0.288 e. The SMILES string of the molecule is COc1ccc(O)c(CNc2ccc(SC(F)F)cc2)c1. The van der Waals surface area contributed by atoms with Gasteiger partial charge in [-0.25, -0.2) is 0 Å². The van der Waals surface area contributed by atoms with E-state index in [9.17, 15) is 13.9 Å². The molecule has 3 nitrogen and oxygen atoms in total. The van der Waals surface area contributed by atoms with Crippen molar-refractivity contribution in [2.24, 2.45) is 0 Å². The van der Waals surface area contributed by atoms with Gasteiger partial charge in [0.25, 0.3) is 5.76 Å². The fourth-order valence-corrected chi connectivity index (χ4v) is 2.28. The molecule has 0 aliphatic heterocycles. The molecule has 2 N–H and O–H groups in total. The van der Waals surface area contributed by atoms with Crippen LogP contribution in [0.25, 0.3) is 0 Å². The van der Waals surface area contributed by atoms with E-state index in [-0.39, 0.29) is 5.75 Å². The summed E-state index contributed by atoms with van der Waals surface area (Å²) in [5.41, 5.74) is 1.48. The molecule has 112 valence electrons. The van der Waals surface area contributed by atoms with E-state index in [2.05, 4.69) is 5.32 Å². The molecule has 0 unspecified atom stereocenters. The van der Waals surface area contributed by atoms with Gasteiger partial charge in [-0.05, 0) is 42.5 Å². The normalized spacial score (nSPS) is 10.7. The Balaban J connectivity index is 1.99. The minimum absolute atomic E-state index is 0.174. The second-order valence-electron chi connectivity index (χ2n) is 4.25. The molecule has 0 radical (unpaired) electrons. The topological polar surface area (TPSA) is 41.5 Å². The first-order chi connectivity index (χ1) is 10.1. The number of halogens is 2. The molecule has 6 heteroatoms. The van der Waals surface area contributed by atoms with Gasteiger partial charge in [-0.2, -0.15) is 8.78 Å². The quantitative estimate of drug-likeness (QED) is 0.779. The Hall–Kier alpha value is -1.95. The number of methoxy groups -OCH3 is 1. The molecular weight excluding hydrogens is 296 g/mol. The number of phenolic OH excluding ortho intramolecular Hbond substituents is 1. The molecule has 0 fully saturated rings. The molecule has 0 saturated heterocycles. The van der Waals surface area contributed by atoms with Crippen molar-refractivity contribution < 1.29 is 18.6 Å². The summed E-state index contributed by atoms with van der Waals surface area (Å²) in [5, 5.41) is 12.9. The van der Waals surface area contributed by atoms with Crippen LogP contribution in [0.15, 0.2) is 47.4 Å². The molecule has 0 saturated carbocycles. The number of hydrogen-bond donors (Lipinski definition) is 2.